The van der Waals surface area contributed by atoms with Crippen molar-refractivity contribution in [2.24, 2.45) is 70.5 Å². The minimum absolute atomic E-state index is 0.111. The summed E-state index contributed by atoms with van der Waals surface area (Å²) < 4.78 is 100. The Balaban J connectivity index is 0.000000136. The van der Waals surface area contributed by atoms with Gasteiger partial charge in [0.1, 0.15) is 65.1 Å². The van der Waals surface area contributed by atoms with E-state index in [2.05, 4.69) is 279 Å². The SMILES string of the molecule is Cc1cc(C)c(-c2cccc[n+]2C)[n+](C)c1-c1cn2ccnc2n1C.Cc1cc[n+](C)c(-c2c(C)cc(C)c(-c3cn4ccnc4n3C)[n+]2C)c1.[2H]C([2H])([2H])c1cc(-c2cc(C)cc(-c3c(C)n4c(C)c(C([2H])([2H])[2H])nc4n3C)[n+]2C)c(C)cc1C.[2H]C([2H])([2H])c1nc2n(C)c(-c3cccc(-c4ccc(C)cc4C)[n+]3C)c(C)n2c1C. The molecular weight excluding hydrogens is 1320 g/mol. The molecule has 107 heavy (non-hydrogen) atoms. The first-order chi connectivity index (χ1) is 54.4. The lowest BCUT2D eigenvalue weighted by Crippen LogP contribution is -2.41. The summed E-state index contributed by atoms with van der Waals surface area (Å²) in [5, 5.41) is 0. The Labute approximate surface area is 642 Å². The molecule has 2 aromatic carbocycles. The molecule has 0 saturated carbocycles. The summed E-state index contributed by atoms with van der Waals surface area (Å²) in [6.45, 7) is 21.8. The molecule has 0 unspecified atom stereocenters. The van der Waals surface area contributed by atoms with Crippen molar-refractivity contribution in [2.45, 2.75) is 117 Å². The number of pyridine rings is 6. The van der Waals surface area contributed by atoms with Crippen molar-refractivity contribution in [3.05, 3.63) is 248 Å². The maximum absolute atomic E-state index is 7.97. The van der Waals surface area contributed by atoms with Crippen molar-refractivity contribution in [3.63, 3.8) is 0 Å². The summed E-state index contributed by atoms with van der Waals surface area (Å²) >= 11 is 0. The number of aryl methyl sites for hydroxylation is 23. The van der Waals surface area contributed by atoms with Crippen LogP contribution in [0.2, 0.25) is 0 Å². The number of nitrogens with zero attached hydrogens (tertiary/aromatic N) is 18. The monoisotopic (exact) mass is 1440 g/mol. The van der Waals surface area contributed by atoms with E-state index in [0.717, 1.165) is 90.7 Å². The Hall–Kier alpha value is -11.7. The fraction of sp³-hybridized carbons (Fsp3) is 0.303. The zero-order valence-electron chi connectivity index (χ0n) is 75.5. The van der Waals surface area contributed by atoms with Gasteiger partial charge >= 0.3 is 0 Å². The second-order valence-electron chi connectivity index (χ2n) is 29.2. The molecule has 18 nitrogen and oxygen atoms in total. The molecule has 16 rings (SSSR count). The lowest BCUT2D eigenvalue weighted by molar-refractivity contribution is -0.685. The van der Waals surface area contributed by atoms with Gasteiger partial charge in [0.25, 0.3) is 22.8 Å². The van der Waals surface area contributed by atoms with Crippen molar-refractivity contribution in [2.75, 3.05) is 0 Å². The fourth-order valence-electron chi connectivity index (χ4n) is 16.2. The van der Waals surface area contributed by atoms with E-state index in [0.29, 0.717) is 28.5 Å². The Morgan fingerprint density at radius 3 is 1.33 bits per heavy atom. The number of fused-ring (bicyclic) bond motifs is 4. The number of rotatable bonds is 8. The smallest absolute Gasteiger partial charge is 0.280 e. The van der Waals surface area contributed by atoms with Gasteiger partial charge < -0.3 is 18.3 Å². The molecular formula is C89H106N18+6. The van der Waals surface area contributed by atoms with Crippen molar-refractivity contribution in [1.82, 2.24) is 55.8 Å². The summed E-state index contributed by atoms with van der Waals surface area (Å²) in [4.78, 5) is 17.9. The molecule has 0 bridgehead atoms. The molecule has 14 heterocycles. The van der Waals surface area contributed by atoms with Crippen LogP contribution in [0.15, 0.2) is 153 Å². The molecule has 0 N–H and O–H groups in total. The number of hydrogen-bond donors (Lipinski definition) is 0. The van der Waals surface area contributed by atoms with Crippen LogP contribution in [0.4, 0.5) is 0 Å². The van der Waals surface area contributed by atoms with Crippen LogP contribution < -0.4 is 27.4 Å². The van der Waals surface area contributed by atoms with Gasteiger partial charge in [-0.25, -0.2) is 19.9 Å². The highest BCUT2D eigenvalue weighted by atomic mass is 15.2. The fourth-order valence-corrected chi connectivity index (χ4v) is 16.2. The standard InChI is InChI=1S/C25H31N4.C23H27N4.C21H25N5.C20H23N5/c1-14-10-22(21-13-16(3)15(2)12-17(21)4)27(8)23(11-14)24-20(7)29-19(6)18(5)26-25(29)28(24)9;1-14-11-12-19(15(2)13-14)20-9-8-10-21(25(20)6)22-18(5)27-17(4)16(3)24-23(27)26(22)7;1-14-7-9-23(4)17(11-14)19-15(2)12-16(3)20(25(19)6)18-13-26-10-8-22-21(26)24(18)5;1-14-12-15(2)19(17-13-25-11-9-21-20(25)23(17)4)24(5)18(14)16-8-6-7-10-22(16)3/h10-13H,1-9H3;8-13H,1-7H3;7-13H,1-6H3;6-13H,1-5H3/q2*+1;2*+2/i3D3,5D3;3D3;;. The molecule has 0 saturated heterocycles. The lowest BCUT2D eigenvalue weighted by atomic mass is 9.97. The first kappa shape index (κ1) is 62.7. The van der Waals surface area contributed by atoms with Gasteiger partial charge in [0, 0.05) is 171 Å². The zero-order valence-corrected chi connectivity index (χ0v) is 66.5. The molecule has 0 aliphatic rings. The minimum atomic E-state index is -2.28. The molecule has 0 radical (unpaired) electrons. The Kier molecular flexibility index (Phi) is 16.6. The van der Waals surface area contributed by atoms with E-state index in [4.69, 9.17) is 12.3 Å². The van der Waals surface area contributed by atoms with Crippen LogP contribution in [0, 0.1) is 117 Å². The summed E-state index contributed by atoms with van der Waals surface area (Å²) in [7, 11) is 20.5. The third-order valence-corrected chi connectivity index (χ3v) is 21.7. The van der Waals surface area contributed by atoms with E-state index in [1.165, 1.54) is 78.7 Å². The number of imidazole rings is 8. The van der Waals surface area contributed by atoms with Crippen LogP contribution in [-0.2, 0) is 70.5 Å². The van der Waals surface area contributed by atoms with E-state index >= 15 is 0 Å². The summed E-state index contributed by atoms with van der Waals surface area (Å²) in [5.41, 5.74) is 32.9. The summed E-state index contributed by atoms with van der Waals surface area (Å²) in [5.74, 6) is 3.10. The summed E-state index contributed by atoms with van der Waals surface area (Å²) in [6, 6.07) is 35.9. The van der Waals surface area contributed by atoms with E-state index in [-0.39, 0.29) is 11.4 Å². The van der Waals surface area contributed by atoms with E-state index in [1.54, 1.807) is 13.0 Å². The highest BCUT2D eigenvalue weighted by molar-refractivity contribution is 5.71. The van der Waals surface area contributed by atoms with Crippen molar-refractivity contribution < 1.29 is 39.7 Å². The quantitative estimate of drug-likeness (QED) is 0.141. The maximum Gasteiger partial charge on any atom is 0.280 e. The van der Waals surface area contributed by atoms with E-state index in [1.807, 2.05) is 111 Å². The first-order valence-electron chi connectivity index (χ1n) is 40.6. The Morgan fingerprint density at radius 2 is 0.804 bits per heavy atom. The second-order valence-corrected chi connectivity index (χ2v) is 29.2. The average molecular weight is 1440 g/mol. The molecule has 0 atom stereocenters. The van der Waals surface area contributed by atoms with Crippen LogP contribution >= 0.6 is 0 Å². The number of hydrogen-bond acceptors (Lipinski definition) is 4. The van der Waals surface area contributed by atoms with Crippen molar-refractivity contribution >= 4 is 23.1 Å². The van der Waals surface area contributed by atoms with Gasteiger partial charge in [0.05, 0.1) is 22.8 Å². The predicted octanol–water partition coefficient (Wildman–Crippen LogP) is 14.2. The topological polar surface area (TPSA) is 112 Å². The number of aromatic nitrogens is 18. The molecule has 16 aromatic rings. The molecule has 18 heteroatoms. The molecule has 14 aromatic heterocycles. The van der Waals surface area contributed by atoms with Gasteiger partial charge in [-0.2, -0.15) is 27.4 Å². The molecule has 0 fully saturated rings. The zero-order chi connectivity index (χ0) is 84.5. The Bertz CT molecular complexity index is 6610. The molecule has 546 valence electrons. The third-order valence-electron chi connectivity index (χ3n) is 21.7. The van der Waals surface area contributed by atoms with Gasteiger partial charge in [-0.1, -0.05) is 23.8 Å². The van der Waals surface area contributed by atoms with Crippen LogP contribution in [0.1, 0.15) is 108 Å². The van der Waals surface area contributed by atoms with Crippen LogP contribution in [0.5, 0.6) is 0 Å². The largest absolute Gasteiger partial charge is 0.308 e. The van der Waals surface area contributed by atoms with Crippen LogP contribution in [0.25, 0.3) is 114 Å². The first-order valence-corrected chi connectivity index (χ1v) is 36.1. The van der Waals surface area contributed by atoms with Crippen molar-refractivity contribution in [3.8, 4) is 90.8 Å². The van der Waals surface area contributed by atoms with Crippen LogP contribution in [0.3, 0.4) is 0 Å². The highest BCUT2D eigenvalue weighted by Gasteiger charge is 2.33. The van der Waals surface area contributed by atoms with Gasteiger partial charge in [-0.3, -0.25) is 17.6 Å². The summed E-state index contributed by atoms with van der Waals surface area (Å²) in [6.07, 6.45) is 16.2. The normalized spacial score (nSPS) is 13.1. The lowest BCUT2D eigenvalue weighted by Gasteiger charge is -2.12. The molecule has 0 aliphatic carbocycles. The highest BCUT2D eigenvalue weighted by Crippen LogP contribution is 2.35. The van der Waals surface area contributed by atoms with E-state index < -0.39 is 20.6 Å². The third kappa shape index (κ3) is 12.7. The van der Waals surface area contributed by atoms with Crippen LogP contribution in [-0.4, -0.2) is 55.8 Å². The minimum Gasteiger partial charge on any atom is -0.308 e. The van der Waals surface area contributed by atoms with Gasteiger partial charge in [-0.15, -0.1) is 0 Å². The van der Waals surface area contributed by atoms with Gasteiger partial charge in [0.2, 0.25) is 57.3 Å². The van der Waals surface area contributed by atoms with Gasteiger partial charge in [0.15, 0.2) is 12.4 Å². The molecule has 0 amide bonds. The maximum atomic E-state index is 7.97. The second kappa shape index (κ2) is 28.3. The molecule has 0 aliphatic heterocycles. The number of benzene rings is 2. The predicted molar refractivity (Wildman–Crippen MR) is 428 cm³/mol. The van der Waals surface area contributed by atoms with Crippen molar-refractivity contribution in [1.29, 1.82) is 0 Å². The van der Waals surface area contributed by atoms with E-state index in [9.17, 15) is 0 Å². The average Bonchev–Trinajstić information content (AvgIpc) is 1.57. The molecule has 0 spiro atoms. The Morgan fingerprint density at radius 1 is 0.336 bits per heavy atom. The van der Waals surface area contributed by atoms with Gasteiger partial charge in [-0.05, 0) is 187 Å².